The van der Waals surface area contributed by atoms with Crippen LogP contribution < -0.4 is 4.72 Å². The van der Waals surface area contributed by atoms with Gasteiger partial charge >= 0.3 is 6.09 Å². The highest BCUT2D eigenvalue weighted by atomic mass is 32.2. The van der Waals surface area contributed by atoms with Gasteiger partial charge in [0.15, 0.2) is 0 Å². The van der Waals surface area contributed by atoms with Crippen molar-refractivity contribution in [1.29, 1.82) is 0 Å². The molecule has 1 saturated heterocycles. The lowest BCUT2D eigenvalue weighted by Gasteiger charge is -2.27. The van der Waals surface area contributed by atoms with Crippen LogP contribution in [0.5, 0.6) is 0 Å². The van der Waals surface area contributed by atoms with Crippen molar-refractivity contribution >= 4 is 16.1 Å². The minimum Gasteiger partial charge on any atom is -0.444 e. The molecule has 2 saturated carbocycles. The number of carbonyl (C=O) groups is 1. The zero-order valence-corrected chi connectivity index (χ0v) is 15.3. The zero-order valence-electron chi connectivity index (χ0n) is 14.5. The Morgan fingerprint density at radius 2 is 1.83 bits per heavy atom. The van der Waals surface area contributed by atoms with Gasteiger partial charge in [0.2, 0.25) is 10.0 Å². The van der Waals surface area contributed by atoms with E-state index in [4.69, 9.17) is 4.74 Å². The van der Waals surface area contributed by atoms with E-state index in [0.29, 0.717) is 13.1 Å². The summed E-state index contributed by atoms with van der Waals surface area (Å²) in [6.45, 7) is 8.59. The van der Waals surface area contributed by atoms with Crippen molar-refractivity contribution in [1.82, 2.24) is 9.62 Å². The van der Waals surface area contributed by atoms with Gasteiger partial charge in [-0.2, -0.15) is 0 Å². The van der Waals surface area contributed by atoms with Gasteiger partial charge in [-0.1, -0.05) is 0 Å². The van der Waals surface area contributed by atoms with Crippen molar-refractivity contribution in [2.75, 3.05) is 13.1 Å². The first kappa shape index (κ1) is 17.0. The van der Waals surface area contributed by atoms with Gasteiger partial charge in [-0.3, -0.25) is 0 Å². The summed E-state index contributed by atoms with van der Waals surface area (Å²) in [7, 11) is -3.27. The topological polar surface area (TPSA) is 75.7 Å². The quantitative estimate of drug-likeness (QED) is 0.849. The second kappa shape index (κ2) is 5.09. The van der Waals surface area contributed by atoms with Crippen LogP contribution >= 0.6 is 0 Å². The first-order valence-corrected chi connectivity index (χ1v) is 9.96. The van der Waals surface area contributed by atoms with Crippen LogP contribution in [0.15, 0.2) is 0 Å². The van der Waals surface area contributed by atoms with Crippen LogP contribution in [-0.4, -0.2) is 48.4 Å². The Balaban J connectivity index is 1.62. The molecule has 3 aliphatic rings. The van der Waals surface area contributed by atoms with E-state index in [0.717, 1.165) is 32.1 Å². The molecule has 3 fully saturated rings. The second-order valence-electron chi connectivity index (χ2n) is 8.62. The Labute approximate surface area is 139 Å². The smallest absolute Gasteiger partial charge is 0.410 e. The number of hydrogen-bond acceptors (Lipinski definition) is 4. The lowest BCUT2D eigenvalue weighted by molar-refractivity contribution is 0.0285. The van der Waals surface area contributed by atoms with Crippen LogP contribution in [0.4, 0.5) is 4.79 Å². The summed E-state index contributed by atoms with van der Waals surface area (Å²) in [5.74, 6) is 0.187. The van der Waals surface area contributed by atoms with Crippen LogP contribution in [0.2, 0.25) is 0 Å². The van der Waals surface area contributed by atoms with Crippen LogP contribution in [0.25, 0.3) is 0 Å². The van der Waals surface area contributed by atoms with Gasteiger partial charge in [-0.25, -0.2) is 17.9 Å². The van der Waals surface area contributed by atoms with Gasteiger partial charge in [0.25, 0.3) is 0 Å². The predicted octanol–water partition coefficient (Wildman–Crippen LogP) is 2.25. The van der Waals surface area contributed by atoms with Crippen molar-refractivity contribution in [2.24, 2.45) is 5.92 Å². The Bertz CT molecular complexity index is 600. The summed E-state index contributed by atoms with van der Waals surface area (Å²) in [5, 5.41) is 0. The van der Waals surface area contributed by atoms with Gasteiger partial charge in [-0.05, 0) is 65.7 Å². The standard InChI is InChI=1S/C16H28N2O4S/c1-14(2,3)22-13(19)18-10-5-12(11-18)16(8-9-16)17-23(20,21)15(4)6-7-15/h12,17H,5-11H2,1-4H3. The van der Waals surface area contributed by atoms with Crippen LogP contribution in [-0.2, 0) is 14.8 Å². The molecule has 132 valence electrons. The molecule has 0 bridgehead atoms. The third-order valence-corrected chi connectivity index (χ3v) is 7.73. The number of ether oxygens (including phenoxy) is 1. The fraction of sp³-hybridized carbons (Fsp3) is 0.938. The number of carbonyl (C=O) groups excluding carboxylic acids is 1. The number of nitrogens with zero attached hydrogens (tertiary/aromatic N) is 1. The highest BCUT2D eigenvalue weighted by Gasteiger charge is 2.59. The van der Waals surface area contributed by atoms with Crippen molar-refractivity contribution < 1.29 is 17.9 Å². The van der Waals surface area contributed by atoms with Gasteiger partial charge in [0.1, 0.15) is 5.60 Å². The molecule has 1 unspecified atom stereocenters. The first-order valence-electron chi connectivity index (χ1n) is 8.48. The molecule has 3 rings (SSSR count). The molecule has 0 aromatic carbocycles. The molecular formula is C16H28N2O4S. The van der Waals surface area contributed by atoms with E-state index in [1.54, 1.807) is 4.90 Å². The molecule has 1 aliphatic heterocycles. The number of amides is 1. The lowest BCUT2D eigenvalue weighted by atomic mass is 9.97. The minimum atomic E-state index is -3.27. The number of hydrogen-bond donors (Lipinski definition) is 1. The molecule has 7 heteroatoms. The summed E-state index contributed by atoms with van der Waals surface area (Å²) in [5.41, 5.74) is -0.838. The Hall–Kier alpha value is -0.820. The van der Waals surface area contributed by atoms with Crippen molar-refractivity contribution in [3.05, 3.63) is 0 Å². The summed E-state index contributed by atoms with van der Waals surface area (Å²) < 4.78 is 32.9. The molecule has 1 atom stereocenters. The molecule has 1 heterocycles. The van der Waals surface area contributed by atoms with Crippen LogP contribution in [0.1, 0.15) is 59.8 Å². The second-order valence-corrected chi connectivity index (χ2v) is 10.8. The first-order chi connectivity index (χ1) is 10.5. The fourth-order valence-corrected chi connectivity index (χ4v) is 5.06. The third kappa shape index (κ3) is 3.36. The van der Waals surface area contributed by atoms with E-state index >= 15 is 0 Å². The number of rotatable bonds is 4. The van der Waals surface area contributed by atoms with E-state index in [1.807, 2.05) is 27.7 Å². The average Bonchev–Trinajstić information content (AvgIpc) is 3.28. The maximum absolute atomic E-state index is 12.5. The zero-order chi connectivity index (χ0) is 17.1. The van der Waals surface area contributed by atoms with E-state index in [-0.39, 0.29) is 17.6 Å². The maximum atomic E-state index is 12.5. The van der Waals surface area contributed by atoms with Gasteiger partial charge < -0.3 is 9.64 Å². The molecule has 6 nitrogen and oxygen atoms in total. The number of likely N-dealkylation sites (tertiary alicyclic amines) is 1. The van der Waals surface area contributed by atoms with Gasteiger partial charge in [-0.15, -0.1) is 0 Å². The molecule has 2 aliphatic carbocycles. The predicted molar refractivity (Wildman–Crippen MR) is 87.6 cm³/mol. The average molecular weight is 344 g/mol. The monoisotopic (exact) mass is 344 g/mol. The molecule has 1 amide bonds. The Kier molecular flexibility index (Phi) is 3.76. The van der Waals surface area contributed by atoms with E-state index < -0.39 is 20.4 Å². The lowest BCUT2D eigenvalue weighted by Crippen LogP contribution is -2.47. The summed E-state index contributed by atoms with van der Waals surface area (Å²) >= 11 is 0. The van der Waals surface area contributed by atoms with Gasteiger partial charge in [0, 0.05) is 18.6 Å². The third-order valence-electron chi connectivity index (χ3n) is 5.35. The number of sulfonamides is 1. The maximum Gasteiger partial charge on any atom is 0.410 e. The SMILES string of the molecule is CC(C)(C)OC(=O)N1CCC(C2(NS(=O)(=O)C3(C)CC3)CC2)C1. The normalized spacial score (nSPS) is 28.5. The van der Waals surface area contributed by atoms with Crippen molar-refractivity contribution in [2.45, 2.75) is 75.7 Å². The largest absolute Gasteiger partial charge is 0.444 e. The molecule has 1 N–H and O–H groups in total. The molecule has 0 spiro atoms. The molecule has 0 aromatic rings. The summed E-state index contributed by atoms with van der Waals surface area (Å²) in [6.07, 6.45) is 3.76. The van der Waals surface area contributed by atoms with Crippen LogP contribution in [0, 0.1) is 5.92 Å². The fourth-order valence-electron chi connectivity index (χ4n) is 3.27. The van der Waals surface area contributed by atoms with Crippen molar-refractivity contribution in [3.8, 4) is 0 Å². The number of nitrogens with one attached hydrogen (secondary N) is 1. The van der Waals surface area contributed by atoms with E-state index in [1.165, 1.54) is 0 Å². The minimum absolute atomic E-state index is 0.187. The molecule has 0 radical (unpaired) electrons. The van der Waals surface area contributed by atoms with Crippen LogP contribution in [0.3, 0.4) is 0 Å². The van der Waals surface area contributed by atoms with Gasteiger partial charge in [0.05, 0.1) is 4.75 Å². The Morgan fingerprint density at radius 3 is 2.30 bits per heavy atom. The van der Waals surface area contributed by atoms with Crippen molar-refractivity contribution in [3.63, 3.8) is 0 Å². The molecule has 0 aromatic heterocycles. The highest BCUT2D eigenvalue weighted by Crippen LogP contribution is 2.50. The molecule has 23 heavy (non-hydrogen) atoms. The highest BCUT2D eigenvalue weighted by molar-refractivity contribution is 7.91. The summed E-state index contributed by atoms with van der Waals surface area (Å²) in [4.78, 5) is 13.9. The molecular weight excluding hydrogens is 316 g/mol. The van der Waals surface area contributed by atoms with E-state index in [9.17, 15) is 13.2 Å². The Morgan fingerprint density at radius 1 is 1.22 bits per heavy atom. The summed E-state index contributed by atoms with van der Waals surface area (Å²) in [6, 6.07) is 0. The van der Waals surface area contributed by atoms with E-state index in [2.05, 4.69) is 4.72 Å².